The highest BCUT2D eigenvalue weighted by Gasteiger charge is 2.37. The number of alkyl halides is 3. The first-order valence-corrected chi connectivity index (χ1v) is 17.3. The van der Waals surface area contributed by atoms with Crippen molar-refractivity contribution in [3.05, 3.63) is 131 Å². The Kier molecular flexibility index (Phi) is 10.9. The fourth-order valence-electron chi connectivity index (χ4n) is 5.98. The van der Waals surface area contributed by atoms with Crippen molar-refractivity contribution >= 4 is 27.5 Å². The molecule has 2 amide bonds. The SMILES string of the molecule is Cc1ccccc1CN(C(=O)CN(c1cccc(C(F)(F)F)c1)S(=O)(=O)c1ccccc1)[C@@H](Cc1ccccc1)C(=O)NC1CCCC1. The second-order valence-electron chi connectivity index (χ2n) is 12.0. The maximum Gasteiger partial charge on any atom is 0.416 e. The van der Waals surface area contributed by atoms with Crippen LogP contribution in [0.25, 0.3) is 0 Å². The first-order chi connectivity index (χ1) is 22.9. The minimum absolute atomic E-state index is 0.0249. The molecule has 0 radical (unpaired) electrons. The number of aryl methyl sites for hydroxylation is 1. The molecule has 1 saturated carbocycles. The summed E-state index contributed by atoms with van der Waals surface area (Å²) in [5.74, 6) is -1.11. The average Bonchev–Trinajstić information content (AvgIpc) is 3.59. The van der Waals surface area contributed by atoms with Crippen LogP contribution in [0.1, 0.15) is 47.9 Å². The molecule has 0 saturated heterocycles. The van der Waals surface area contributed by atoms with Crippen LogP contribution < -0.4 is 9.62 Å². The monoisotopic (exact) mass is 677 g/mol. The Morgan fingerprint density at radius 1 is 0.854 bits per heavy atom. The lowest BCUT2D eigenvalue weighted by Gasteiger charge is -2.34. The molecule has 1 aliphatic carbocycles. The maximum atomic E-state index is 14.6. The predicted octanol–water partition coefficient (Wildman–Crippen LogP) is 6.91. The molecule has 1 atom stereocenters. The highest BCUT2D eigenvalue weighted by molar-refractivity contribution is 7.92. The number of anilines is 1. The topological polar surface area (TPSA) is 86.8 Å². The van der Waals surface area contributed by atoms with E-state index in [2.05, 4.69) is 5.32 Å². The van der Waals surface area contributed by atoms with Crippen molar-refractivity contribution in [2.24, 2.45) is 0 Å². The summed E-state index contributed by atoms with van der Waals surface area (Å²) >= 11 is 0. The van der Waals surface area contributed by atoms with Gasteiger partial charge in [0.15, 0.2) is 0 Å². The van der Waals surface area contributed by atoms with Gasteiger partial charge in [0.25, 0.3) is 10.0 Å². The zero-order chi connectivity index (χ0) is 34.3. The molecule has 0 spiro atoms. The lowest BCUT2D eigenvalue weighted by molar-refractivity contribution is -0.140. The van der Waals surface area contributed by atoms with Crippen molar-refractivity contribution in [3.8, 4) is 0 Å². The zero-order valence-corrected chi connectivity index (χ0v) is 27.4. The second-order valence-corrected chi connectivity index (χ2v) is 13.9. The number of hydrogen-bond acceptors (Lipinski definition) is 4. The molecule has 252 valence electrons. The molecule has 4 aromatic rings. The van der Waals surface area contributed by atoms with Crippen molar-refractivity contribution in [2.75, 3.05) is 10.8 Å². The fourth-order valence-corrected chi connectivity index (χ4v) is 7.41. The van der Waals surface area contributed by atoms with Gasteiger partial charge >= 0.3 is 6.18 Å². The minimum atomic E-state index is -4.75. The Balaban J connectivity index is 1.60. The Morgan fingerprint density at radius 2 is 1.48 bits per heavy atom. The third-order valence-electron chi connectivity index (χ3n) is 8.65. The maximum absolute atomic E-state index is 14.6. The molecule has 5 rings (SSSR count). The third-order valence-corrected chi connectivity index (χ3v) is 10.4. The van der Waals surface area contributed by atoms with Gasteiger partial charge in [-0.15, -0.1) is 0 Å². The van der Waals surface area contributed by atoms with Crippen LogP contribution in [-0.2, 0) is 38.8 Å². The molecule has 0 heterocycles. The van der Waals surface area contributed by atoms with E-state index >= 15 is 0 Å². The summed E-state index contributed by atoms with van der Waals surface area (Å²) in [5, 5.41) is 3.11. The lowest BCUT2D eigenvalue weighted by Crippen LogP contribution is -2.54. The van der Waals surface area contributed by atoms with Gasteiger partial charge in [0.05, 0.1) is 16.1 Å². The van der Waals surface area contributed by atoms with Gasteiger partial charge in [-0.3, -0.25) is 13.9 Å². The van der Waals surface area contributed by atoms with Crippen LogP contribution in [0.3, 0.4) is 0 Å². The minimum Gasteiger partial charge on any atom is -0.352 e. The summed E-state index contributed by atoms with van der Waals surface area (Å²) in [6, 6.07) is 26.6. The van der Waals surface area contributed by atoms with Gasteiger partial charge in [-0.05, 0) is 66.8 Å². The van der Waals surface area contributed by atoms with Crippen molar-refractivity contribution in [3.63, 3.8) is 0 Å². The Hall–Kier alpha value is -4.64. The molecule has 11 heteroatoms. The van der Waals surface area contributed by atoms with Gasteiger partial charge in [0.2, 0.25) is 11.8 Å². The molecule has 1 aliphatic rings. The zero-order valence-electron chi connectivity index (χ0n) is 26.6. The number of benzene rings is 4. The van der Waals surface area contributed by atoms with E-state index in [0.29, 0.717) is 10.4 Å². The van der Waals surface area contributed by atoms with E-state index in [1.54, 1.807) is 6.07 Å². The number of nitrogens with zero attached hydrogens (tertiary/aromatic N) is 2. The molecule has 1 N–H and O–H groups in total. The molecular formula is C37H38F3N3O4S. The number of carbonyl (C=O) groups is 2. The Labute approximate surface area is 279 Å². The number of amides is 2. The molecule has 1 fully saturated rings. The van der Waals surface area contributed by atoms with E-state index in [-0.39, 0.29) is 35.5 Å². The van der Waals surface area contributed by atoms with E-state index < -0.39 is 40.3 Å². The number of halogens is 3. The first kappa shape index (κ1) is 34.7. The van der Waals surface area contributed by atoms with Gasteiger partial charge in [-0.2, -0.15) is 13.2 Å². The van der Waals surface area contributed by atoms with E-state index in [1.807, 2.05) is 61.5 Å². The molecule has 4 aromatic carbocycles. The third kappa shape index (κ3) is 8.44. The summed E-state index contributed by atoms with van der Waals surface area (Å²) in [5.41, 5.74) is 1.01. The molecule has 7 nitrogen and oxygen atoms in total. The van der Waals surface area contributed by atoms with Gasteiger partial charge in [0.1, 0.15) is 12.6 Å². The number of nitrogens with one attached hydrogen (secondary N) is 1. The summed E-state index contributed by atoms with van der Waals surface area (Å²) in [6.45, 7) is 1.01. The second kappa shape index (κ2) is 15.1. The number of rotatable bonds is 12. The highest BCUT2D eigenvalue weighted by Crippen LogP contribution is 2.33. The molecule has 0 unspecified atom stereocenters. The molecule has 0 bridgehead atoms. The number of sulfonamides is 1. The molecule has 0 aromatic heterocycles. The fraction of sp³-hybridized carbons (Fsp3) is 0.297. The quantitative estimate of drug-likeness (QED) is 0.177. The van der Waals surface area contributed by atoms with Crippen molar-refractivity contribution in [1.29, 1.82) is 0 Å². The lowest BCUT2D eigenvalue weighted by atomic mass is 10.0. The van der Waals surface area contributed by atoms with Crippen LogP contribution in [0.4, 0.5) is 18.9 Å². The van der Waals surface area contributed by atoms with Crippen LogP contribution in [-0.4, -0.2) is 43.8 Å². The molecule has 0 aliphatic heterocycles. The largest absolute Gasteiger partial charge is 0.416 e. The normalized spacial score (nSPS) is 14.3. The van der Waals surface area contributed by atoms with E-state index in [1.165, 1.54) is 35.2 Å². The molecule has 48 heavy (non-hydrogen) atoms. The van der Waals surface area contributed by atoms with Crippen LogP contribution in [0.15, 0.2) is 114 Å². The summed E-state index contributed by atoms with van der Waals surface area (Å²) in [4.78, 5) is 29.9. The van der Waals surface area contributed by atoms with Gasteiger partial charge in [-0.25, -0.2) is 8.42 Å². The highest BCUT2D eigenvalue weighted by atomic mass is 32.2. The molecular weight excluding hydrogens is 639 g/mol. The standard InChI is InChI=1S/C37H38F3N3O4S/c1-27-13-8-9-16-29(27)25-42(34(23-28-14-4-2-5-15-28)36(45)41-31-18-10-11-19-31)35(44)26-43(48(46,47)33-21-6-3-7-22-33)32-20-12-17-30(24-32)37(38,39)40/h2-9,12-17,20-22,24,31,34H,10-11,18-19,23,25-26H2,1H3,(H,41,45)/t34-/m0/s1. The van der Waals surface area contributed by atoms with E-state index in [4.69, 9.17) is 0 Å². The first-order valence-electron chi connectivity index (χ1n) is 15.9. The van der Waals surface area contributed by atoms with Crippen LogP contribution >= 0.6 is 0 Å². The van der Waals surface area contributed by atoms with E-state index in [9.17, 15) is 31.2 Å². The van der Waals surface area contributed by atoms with Gasteiger partial charge in [-0.1, -0.05) is 91.7 Å². The summed E-state index contributed by atoms with van der Waals surface area (Å²) in [6.07, 6.45) is -1.03. The Morgan fingerprint density at radius 3 is 2.12 bits per heavy atom. The van der Waals surface area contributed by atoms with Crippen LogP contribution in [0.2, 0.25) is 0 Å². The van der Waals surface area contributed by atoms with Gasteiger partial charge < -0.3 is 10.2 Å². The predicted molar refractivity (Wildman–Crippen MR) is 178 cm³/mol. The summed E-state index contributed by atoms with van der Waals surface area (Å²) in [7, 11) is -4.53. The average molecular weight is 678 g/mol. The van der Waals surface area contributed by atoms with E-state index in [0.717, 1.165) is 54.5 Å². The number of hydrogen-bond donors (Lipinski definition) is 1. The van der Waals surface area contributed by atoms with Crippen LogP contribution in [0, 0.1) is 6.92 Å². The van der Waals surface area contributed by atoms with Crippen molar-refractivity contribution in [2.45, 2.75) is 68.7 Å². The van der Waals surface area contributed by atoms with Crippen molar-refractivity contribution in [1.82, 2.24) is 10.2 Å². The van der Waals surface area contributed by atoms with Crippen LogP contribution in [0.5, 0.6) is 0 Å². The summed E-state index contributed by atoms with van der Waals surface area (Å²) < 4.78 is 70.3. The number of carbonyl (C=O) groups excluding carboxylic acids is 2. The van der Waals surface area contributed by atoms with Crippen molar-refractivity contribution < 1.29 is 31.2 Å². The van der Waals surface area contributed by atoms with Gasteiger partial charge in [0, 0.05) is 19.0 Å². The Bertz CT molecular complexity index is 1810. The smallest absolute Gasteiger partial charge is 0.352 e.